The highest BCUT2D eigenvalue weighted by atomic mass is 16.5. The topological polar surface area (TPSA) is 55.6 Å². The predicted molar refractivity (Wildman–Crippen MR) is 91.3 cm³/mol. The van der Waals surface area contributed by atoms with E-state index in [9.17, 15) is 4.79 Å². The SMILES string of the molecule is CCCC(N)C(=O)N(Cc1ccc2c(c1)CCO2)C1CCCC1. The number of nitrogens with zero attached hydrogens (tertiary/aromatic N) is 1. The number of ether oxygens (including phenoxy) is 1. The van der Waals surface area contributed by atoms with Gasteiger partial charge in [-0.1, -0.05) is 38.3 Å². The summed E-state index contributed by atoms with van der Waals surface area (Å²) in [5.41, 5.74) is 8.58. The largest absolute Gasteiger partial charge is 0.493 e. The van der Waals surface area contributed by atoms with E-state index in [0.29, 0.717) is 12.6 Å². The first-order valence-electron chi connectivity index (χ1n) is 8.99. The second-order valence-corrected chi connectivity index (χ2v) is 6.84. The molecule has 1 atom stereocenters. The minimum absolute atomic E-state index is 0.121. The number of hydrogen-bond donors (Lipinski definition) is 1. The molecule has 1 fully saturated rings. The third-order valence-corrected chi connectivity index (χ3v) is 5.07. The van der Waals surface area contributed by atoms with Gasteiger partial charge in [-0.15, -0.1) is 0 Å². The van der Waals surface area contributed by atoms with Crippen molar-refractivity contribution in [1.29, 1.82) is 0 Å². The van der Waals surface area contributed by atoms with Crippen LogP contribution in [0.15, 0.2) is 18.2 Å². The summed E-state index contributed by atoms with van der Waals surface area (Å²) in [5, 5.41) is 0. The van der Waals surface area contributed by atoms with Crippen molar-refractivity contribution < 1.29 is 9.53 Å². The van der Waals surface area contributed by atoms with Crippen LogP contribution < -0.4 is 10.5 Å². The van der Waals surface area contributed by atoms with Gasteiger partial charge in [0.15, 0.2) is 0 Å². The first-order chi connectivity index (χ1) is 11.2. The van der Waals surface area contributed by atoms with Crippen LogP contribution >= 0.6 is 0 Å². The van der Waals surface area contributed by atoms with Crippen molar-refractivity contribution in [2.24, 2.45) is 5.73 Å². The number of carbonyl (C=O) groups excluding carboxylic acids is 1. The number of carbonyl (C=O) groups is 1. The Labute approximate surface area is 139 Å². The van der Waals surface area contributed by atoms with Crippen LogP contribution in [0.1, 0.15) is 56.6 Å². The van der Waals surface area contributed by atoms with Gasteiger partial charge in [-0.25, -0.2) is 0 Å². The van der Waals surface area contributed by atoms with Gasteiger partial charge in [0.2, 0.25) is 5.91 Å². The molecule has 0 bridgehead atoms. The van der Waals surface area contributed by atoms with E-state index < -0.39 is 0 Å². The Bertz CT molecular complexity index is 552. The fourth-order valence-electron chi connectivity index (χ4n) is 3.79. The van der Waals surface area contributed by atoms with Crippen molar-refractivity contribution in [1.82, 2.24) is 4.90 Å². The minimum Gasteiger partial charge on any atom is -0.493 e. The van der Waals surface area contributed by atoms with E-state index >= 15 is 0 Å². The fraction of sp³-hybridized carbons (Fsp3) is 0.632. The van der Waals surface area contributed by atoms with Gasteiger partial charge < -0.3 is 15.4 Å². The van der Waals surface area contributed by atoms with Gasteiger partial charge in [0.1, 0.15) is 5.75 Å². The molecule has 4 heteroatoms. The van der Waals surface area contributed by atoms with E-state index in [0.717, 1.165) is 44.5 Å². The molecule has 1 aliphatic heterocycles. The molecule has 1 aliphatic carbocycles. The molecule has 0 spiro atoms. The maximum absolute atomic E-state index is 12.8. The Morgan fingerprint density at radius 1 is 1.39 bits per heavy atom. The monoisotopic (exact) mass is 316 g/mol. The first-order valence-corrected chi connectivity index (χ1v) is 8.99. The summed E-state index contributed by atoms with van der Waals surface area (Å²) in [6, 6.07) is 6.32. The molecule has 1 aromatic carbocycles. The Morgan fingerprint density at radius 3 is 2.91 bits per heavy atom. The lowest BCUT2D eigenvalue weighted by Crippen LogP contribution is -2.47. The quantitative estimate of drug-likeness (QED) is 0.877. The van der Waals surface area contributed by atoms with Crippen molar-refractivity contribution in [2.75, 3.05) is 6.61 Å². The standard InChI is InChI=1S/C19H28N2O2/c1-2-5-17(20)19(22)21(16-6-3-4-7-16)13-14-8-9-18-15(12-14)10-11-23-18/h8-9,12,16-17H,2-7,10-11,13,20H2,1H3. The van der Waals surface area contributed by atoms with Crippen molar-refractivity contribution in [2.45, 2.75) is 70.5 Å². The maximum atomic E-state index is 12.8. The lowest BCUT2D eigenvalue weighted by molar-refractivity contribution is -0.135. The third-order valence-electron chi connectivity index (χ3n) is 5.07. The lowest BCUT2D eigenvalue weighted by Gasteiger charge is -2.31. The highest BCUT2D eigenvalue weighted by molar-refractivity contribution is 5.82. The number of amides is 1. The summed E-state index contributed by atoms with van der Waals surface area (Å²) in [4.78, 5) is 14.9. The summed E-state index contributed by atoms with van der Waals surface area (Å²) < 4.78 is 5.58. The molecule has 2 aliphatic rings. The van der Waals surface area contributed by atoms with E-state index in [2.05, 4.69) is 19.1 Å². The van der Waals surface area contributed by atoms with E-state index in [1.165, 1.54) is 24.0 Å². The molecule has 1 saturated carbocycles. The molecule has 1 unspecified atom stereocenters. The number of benzene rings is 1. The highest BCUT2D eigenvalue weighted by Crippen LogP contribution is 2.29. The molecular weight excluding hydrogens is 288 g/mol. The van der Waals surface area contributed by atoms with Crippen LogP contribution in [0, 0.1) is 0 Å². The summed E-state index contributed by atoms with van der Waals surface area (Å²) in [6.45, 7) is 3.52. The average Bonchev–Trinajstić information content (AvgIpc) is 3.23. The second-order valence-electron chi connectivity index (χ2n) is 6.84. The number of rotatable bonds is 6. The van der Waals surface area contributed by atoms with Crippen LogP contribution in [0.5, 0.6) is 5.75 Å². The van der Waals surface area contributed by atoms with E-state index in [-0.39, 0.29) is 11.9 Å². The Morgan fingerprint density at radius 2 is 2.17 bits per heavy atom. The number of fused-ring (bicyclic) bond motifs is 1. The number of hydrogen-bond acceptors (Lipinski definition) is 3. The summed E-state index contributed by atoms with van der Waals surface area (Å²) >= 11 is 0. The molecule has 1 amide bonds. The van der Waals surface area contributed by atoms with Gasteiger partial charge in [-0.2, -0.15) is 0 Å². The van der Waals surface area contributed by atoms with Gasteiger partial charge in [0, 0.05) is 19.0 Å². The van der Waals surface area contributed by atoms with Crippen molar-refractivity contribution in [3.63, 3.8) is 0 Å². The molecule has 0 aromatic heterocycles. The van der Waals surface area contributed by atoms with Gasteiger partial charge in [0.05, 0.1) is 12.6 Å². The molecule has 23 heavy (non-hydrogen) atoms. The molecule has 0 saturated heterocycles. The Balaban J connectivity index is 1.76. The zero-order valence-corrected chi connectivity index (χ0v) is 14.1. The average molecular weight is 316 g/mol. The van der Waals surface area contributed by atoms with Gasteiger partial charge in [-0.3, -0.25) is 4.79 Å². The maximum Gasteiger partial charge on any atom is 0.240 e. The Kier molecular flexibility index (Phi) is 5.21. The Hall–Kier alpha value is -1.55. The lowest BCUT2D eigenvalue weighted by atomic mass is 10.0. The van der Waals surface area contributed by atoms with Gasteiger partial charge >= 0.3 is 0 Å². The van der Waals surface area contributed by atoms with Crippen LogP contribution in [0.2, 0.25) is 0 Å². The molecule has 0 radical (unpaired) electrons. The van der Waals surface area contributed by atoms with E-state index in [1.807, 2.05) is 11.0 Å². The molecule has 1 heterocycles. The molecule has 2 N–H and O–H groups in total. The van der Waals surface area contributed by atoms with Crippen molar-refractivity contribution in [3.05, 3.63) is 29.3 Å². The zero-order chi connectivity index (χ0) is 16.2. The molecule has 4 nitrogen and oxygen atoms in total. The molecular formula is C19H28N2O2. The van der Waals surface area contributed by atoms with Gasteiger partial charge in [-0.05, 0) is 36.5 Å². The molecule has 1 aromatic rings. The first kappa shape index (κ1) is 16.3. The summed E-state index contributed by atoms with van der Waals surface area (Å²) in [7, 11) is 0. The fourth-order valence-corrected chi connectivity index (χ4v) is 3.79. The van der Waals surface area contributed by atoms with Crippen LogP contribution in [-0.4, -0.2) is 29.5 Å². The van der Waals surface area contributed by atoms with Crippen LogP contribution in [0.25, 0.3) is 0 Å². The highest BCUT2D eigenvalue weighted by Gasteiger charge is 2.29. The second kappa shape index (κ2) is 7.35. The van der Waals surface area contributed by atoms with Crippen LogP contribution in [0.4, 0.5) is 0 Å². The van der Waals surface area contributed by atoms with Crippen molar-refractivity contribution in [3.8, 4) is 5.75 Å². The van der Waals surface area contributed by atoms with E-state index in [4.69, 9.17) is 10.5 Å². The summed E-state index contributed by atoms with van der Waals surface area (Å²) in [5.74, 6) is 1.12. The van der Waals surface area contributed by atoms with Gasteiger partial charge in [0.25, 0.3) is 0 Å². The van der Waals surface area contributed by atoms with Crippen molar-refractivity contribution >= 4 is 5.91 Å². The molecule has 3 rings (SSSR count). The zero-order valence-electron chi connectivity index (χ0n) is 14.1. The minimum atomic E-state index is -0.363. The molecule has 126 valence electrons. The normalized spacial score (nSPS) is 18.5. The predicted octanol–water partition coefficient (Wildman–Crippen LogP) is 3.02. The number of nitrogens with two attached hydrogens (primary N) is 1. The smallest absolute Gasteiger partial charge is 0.240 e. The van der Waals surface area contributed by atoms with E-state index in [1.54, 1.807) is 0 Å². The summed E-state index contributed by atoms with van der Waals surface area (Å²) in [6.07, 6.45) is 7.33. The van der Waals surface area contributed by atoms with Crippen LogP contribution in [-0.2, 0) is 17.8 Å². The van der Waals surface area contributed by atoms with Crippen LogP contribution in [0.3, 0.4) is 0 Å². The third kappa shape index (κ3) is 3.69.